The van der Waals surface area contributed by atoms with Gasteiger partial charge in [0.05, 0.1) is 6.04 Å². The second-order valence-corrected chi connectivity index (χ2v) is 6.65. The molecule has 1 aliphatic heterocycles. The largest absolute Gasteiger partial charge is 0.375 e. The molecule has 0 radical (unpaired) electrons. The van der Waals surface area contributed by atoms with Gasteiger partial charge in [-0.1, -0.05) is 48.0 Å². The lowest BCUT2D eigenvalue weighted by atomic mass is 9.92. The number of nitrogens with one attached hydrogen (secondary N) is 1. The average molecular weight is 334 g/mol. The molecule has 0 fully saturated rings. The number of carbonyl (C=O) groups excluding carboxylic acids is 1. The van der Waals surface area contributed by atoms with E-state index in [1.165, 1.54) is 16.5 Å². The van der Waals surface area contributed by atoms with Crippen LogP contribution in [-0.4, -0.2) is 36.1 Å². The molecule has 4 nitrogen and oxygen atoms in total. The molecule has 0 spiro atoms. The second kappa shape index (κ2) is 6.37. The number of aromatic nitrogens is 1. The molecular formula is C21H22N2O2. The fourth-order valence-electron chi connectivity index (χ4n) is 3.81. The molecule has 1 N–H and O–H groups in total. The molecule has 3 aromatic rings. The predicted molar refractivity (Wildman–Crippen MR) is 98.6 cm³/mol. The Balaban J connectivity index is 1.87. The lowest BCUT2D eigenvalue weighted by Gasteiger charge is -2.36. The van der Waals surface area contributed by atoms with E-state index in [0.29, 0.717) is 6.54 Å². The van der Waals surface area contributed by atoms with E-state index in [1.807, 2.05) is 11.0 Å². The summed E-state index contributed by atoms with van der Waals surface area (Å²) in [5.74, 6) is 0.0254. The van der Waals surface area contributed by atoms with Crippen molar-refractivity contribution in [2.75, 3.05) is 20.3 Å². The highest BCUT2D eigenvalue weighted by Crippen LogP contribution is 2.38. The summed E-state index contributed by atoms with van der Waals surface area (Å²) >= 11 is 0. The molecule has 0 unspecified atom stereocenters. The number of rotatable bonds is 3. The van der Waals surface area contributed by atoms with Crippen molar-refractivity contribution >= 4 is 16.8 Å². The van der Waals surface area contributed by atoms with Crippen LogP contribution in [0.5, 0.6) is 0 Å². The number of ether oxygens (including phenoxy) is 1. The zero-order valence-corrected chi connectivity index (χ0v) is 14.6. The summed E-state index contributed by atoms with van der Waals surface area (Å²) in [7, 11) is 1.57. The van der Waals surface area contributed by atoms with E-state index in [0.717, 1.165) is 23.2 Å². The highest BCUT2D eigenvalue weighted by atomic mass is 16.5. The zero-order chi connectivity index (χ0) is 17.4. The molecule has 0 saturated heterocycles. The van der Waals surface area contributed by atoms with Crippen LogP contribution in [0.3, 0.4) is 0 Å². The quantitative estimate of drug-likeness (QED) is 0.795. The van der Waals surface area contributed by atoms with Gasteiger partial charge in [-0.25, -0.2) is 0 Å². The fourth-order valence-corrected chi connectivity index (χ4v) is 3.81. The monoisotopic (exact) mass is 334 g/mol. The van der Waals surface area contributed by atoms with E-state index in [9.17, 15) is 4.79 Å². The van der Waals surface area contributed by atoms with E-state index in [2.05, 4.69) is 54.4 Å². The third-order valence-electron chi connectivity index (χ3n) is 5.02. The fraction of sp³-hybridized carbons (Fsp3) is 0.286. The summed E-state index contributed by atoms with van der Waals surface area (Å²) in [5, 5.41) is 1.26. The maximum atomic E-state index is 12.7. The number of aromatic amines is 1. The molecule has 1 aromatic heterocycles. The van der Waals surface area contributed by atoms with E-state index in [-0.39, 0.29) is 18.6 Å². The number of methoxy groups -OCH3 is 1. The van der Waals surface area contributed by atoms with Crippen molar-refractivity contribution < 1.29 is 9.53 Å². The summed E-state index contributed by atoms with van der Waals surface area (Å²) in [6, 6.07) is 16.7. The summed E-state index contributed by atoms with van der Waals surface area (Å²) in [6.07, 6.45) is 0.858. The first-order chi connectivity index (χ1) is 12.2. The maximum Gasteiger partial charge on any atom is 0.249 e. The van der Waals surface area contributed by atoms with Gasteiger partial charge in [0, 0.05) is 30.3 Å². The lowest BCUT2D eigenvalue weighted by molar-refractivity contribution is -0.137. The number of hydrogen-bond acceptors (Lipinski definition) is 2. The number of amides is 1. The molecule has 1 aliphatic rings. The molecule has 128 valence electrons. The molecule has 2 heterocycles. The van der Waals surface area contributed by atoms with E-state index < -0.39 is 0 Å². The molecule has 1 atom stereocenters. The SMILES string of the molecule is COCC(=O)N1CCc2c([nH]c3ccccc23)[C@H]1c1ccc(C)cc1. The minimum Gasteiger partial charge on any atom is -0.375 e. The Morgan fingerprint density at radius 3 is 2.72 bits per heavy atom. The Kier molecular flexibility index (Phi) is 4.06. The van der Waals surface area contributed by atoms with Crippen molar-refractivity contribution in [1.29, 1.82) is 0 Å². The van der Waals surface area contributed by atoms with Gasteiger partial charge in [-0.3, -0.25) is 4.79 Å². The lowest BCUT2D eigenvalue weighted by Crippen LogP contribution is -2.42. The first kappa shape index (κ1) is 15.9. The smallest absolute Gasteiger partial charge is 0.249 e. The van der Waals surface area contributed by atoms with Crippen LogP contribution in [0.25, 0.3) is 10.9 Å². The molecule has 25 heavy (non-hydrogen) atoms. The number of para-hydroxylation sites is 1. The van der Waals surface area contributed by atoms with Crippen molar-refractivity contribution in [2.45, 2.75) is 19.4 Å². The van der Waals surface area contributed by atoms with Crippen LogP contribution in [0.4, 0.5) is 0 Å². The summed E-state index contributed by atoms with van der Waals surface area (Å²) in [4.78, 5) is 18.2. The number of aryl methyl sites for hydroxylation is 1. The highest BCUT2D eigenvalue weighted by Gasteiger charge is 2.34. The van der Waals surface area contributed by atoms with Crippen molar-refractivity contribution in [2.24, 2.45) is 0 Å². The summed E-state index contributed by atoms with van der Waals surface area (Å²) < 4.78 is 5.11. The van der Waals surface area contributed by atoms with Crippen LogP contribution < -0.4 is 0 Å². The molecule has 0 saturated carbocycles. The molecular weight excluding hydrogens is 312 g/mol. The summed E-state index contributed by atoms with van der Waals surface area (Å²) in [5.41, 5.74) is 5.92. The normalized spacial score (nSPS) is 16.9. The number of hydrogen-bond donors (Lipinski definition) is 1. The van der Waals surface area contributed by atoms with E-state index >= 15 is 0 Å². The van der Waals surface area contributed by atoms with Crippen LogP contribution in [0.15, 0.2) is 48.5 Å². The molecule has 2 aromatic carbocycles. The van der Waals surface area contributed by atoms with Gasteiger partial charge in [0.25, 0.3) is 0 Å². The van der Waals surface area contributed by atoms with Crippen LogP contribution >= 0.6 is 0 Å². The standard InChI is InChI=1S/C21H22N2O2/c1-14-7-9-15(10-8-14)21-20-17(11-12-23(21)19(24)13-25-2)16-5-3-4-6-18(16)22-20/h3-10,21-22H,11-13H2,1-2H3/t21-/m1/s1. The van der Waals surface area contributed by atoms with Gasteiger partial charge in [-0.05, 0) is 30.5 Å². The molecule has 0 bridgehead atoms. The molecule has 1 amide bonds. The third-order valence-corrected chi connectivity index (χ3v) is 5.02. The average Bonchev–Trinajstić information content (AvgIpc) is 3.00. The minimum atomic E-state index is -0.0978. The molecule has 4 heteroatoms. The first-order valence-corrected chi connectivity index (χ1v) is 8.63. The Bertz CT molecular complexity index is 911. The number of fused-ring (bicyclic) bond motifs is 3. The maximum absolute atomic E-state index is 12.7. The van der Waals surface area contributed by atoms with Crippen molar-refractivity contribution in [3.05, 3.63) is 70.9 Å². The second-order valence-electron chi connectivity index (χ2n) is 6.65. The number of H-pyrrole nitrogens is 1. The Morgan fingerprint density at radius 1 is 1.20 bits per heavy atom. The Morgan fingerprint density at radius 2 is 1.96 bits per heavy atom. The van der Waals surface area contributed by atoms with E-state index in [4.69, 9.17) is 4.74 Å². The zero-order valence-electron chi connectivity index (χ0n) is 14.6. The number of benzene rings is 2. The van der Waals surface area contributed by atoms with Crippen LogP contribution in [0.1, 0.15) is 28.4 Å². The highest BCUT2D eigenvalue weighted by molar-refractivity contribution is 5.86. The van der Waals surface area contributed by atoms with Gasteiger partial charge in [0.15, 0.2) is 0 Å². The van der Waals surface area contributed by atoms with Gasteiger partial charge in [0.1, 0.15) is 6.61 Å². The third kappa shape index (κ3) is 2.72. The minimum absolute atomic E-state index is 0.0254. The molecule has 4 rings (SSSR count). The van der Waals surface area contributed by atoms with Crippen molar-refractivity contribution in [1.82, 2.24) is 9.88 Å². The van der Waals surface area contributed by atoms with Gasteiger partial charge < -0.3 is 14.6 Å². The topological polar surface area (TPSA) is 45.3 Å². The number of carbonyl (C=O) groups is 1. The van der Waals surface area contributed by atoms with E-state index in [1.54, 1.807) is 7.11 Å². The number of nitrogens with zero attached hydrogens (tertiary/aromatic N) is 1. The van der Waals surface area contributed by atoms with Gasteiger partial charge >= 0.3 is 0 Å². The van der Waals surface area contributed by atoms with Crippen molar-refractivity contribution in [3.8, 4) is 0 Å². The van der Waals surface area contributed by atoms with Gasteiger partial charge in [0.2, 0.25) is 5.91 Å². The van der Waals surface area contributed by atoms with Crippen molar-refractivity contribution in [3.63, 3.8) is 0 Å². The predicted octanol–water partition coefficient (Wildman–Crippen LogP) is 3.60. The van der Waals surface area contributed by atoms with Gasteiger partial charge in [-0.15, -0.1) is 0 Å². The van der Waals surface area contributed by atoms with Crippen LogP contribution in [-0.2, 0) is 16.0 Å². The Hall–Kier alpha value is -2.59. The van der Waals surface area contributed by atoms with Gasteiger partial charge in [-0.2, -0.15) is 0 Å². The van der Waals surface area contributed by atoms with Crippen LogP contribution in [0.2, 0.25) is 0 Å². The first-order valence-electron chi connectivity index (χ1n) is 8.63. The summed E-state index contributed by atoms with van der Waals surface area (Å²) in [6.45, 7) is 2.89. The molecule has 0 aliphatic carbocycles. The Labute approximate surface area is 147 Å². The van der Waals surface area contributed by atoms with Crippen LogP contribution in [0, 0.1) is 6.92 Å².